The molecule has 6 aliphatic rings. The Balaban J connectivity index is 0.000000122. The van der Waals surface area contributed by atoms with E-state index in [0.717, 1.165) is 137 Å². The van der Waals surface area contributed by atoms with Crippen LogP contribution in [-0.4, -0.2) is 120 Å². The lowest BCUT2D eigenvalue weighted by molar-refractivity contribution is -0.137. The van der Waals surface area contributed by atoms with Gasteiger partial charge in [-0.05, 0) is 132 Å². The third-order valence-corrected chi connectivity index (χ3v) is 19.5. The molecule has 6 unspecified atom stereocenters. The van der Waals surface area contributed by atoms with E-state index in [1.54, 1.807) is 13.3 Å². The Bertz CT molecular complexity index is 3960. The molecule has 462 valence electrons. The maximum atomic E-state index is 12.9. The Hall–Kier alpha value is -6.84. The molecule has 6 aromatic heterocycles. The Morgan fingerprint density at radius 1 is 0.489 bits per heavy atom. The largest absolute Gasteiger partial charge is 0.497 e. The van der Waals surface area contributed by atoms with E-state index < -0.39 is 30.1 Å². The van der Waals surface area contributed by atoms with Gasteiger partial charge >= 0.3 is 6.18 Å². The van der Waals surface area contributed by atoms with Gasteiger partial charge in [-0.3, -0.25) is 14.7 Å². The highest BCUT2D eigenvalue weighted by molar-refractivity contribution is 6.30. The van der Waals surface area contributed by atoms with Gasteiger partial charge in [0.05, 0.1) is 86.3 Å². The van der Waals surface area contributed by atoms with Crippen molar-refractivity contribution >= 4 is 45.1 Å². The van der Waals surface area contributed by atoms with Gasteiger partial charge in [0.1, 0.15) is 22.3 Å². The standard InChI is InChI=1S/C23H25F3N4O.C23H28N4O2.C22H25ClN4O/c1-14-12-27-22-21(28-14)20-17-4-2-3-10-29(17)11-9-18(20)30(22)13-19(31)15-5-7-16(8-6-15)23(24,25)26;1-15-13-24-23-22(25-15)21-18-5-3-4-11-26(18)12-10-19(21)27(23)14-20(28)16-6-8-17(29-2)9-7-16;1-14-12-24-22-21(25-14)20-17-4-2-3-10-26(17)11-9-18(20)27(22)13-19(28)15-5-7-16(23)8-6-15/h5-8,12,17,19,31H,2-4,9-11,13H2,1H3;6-9,13,18,20,28H,3-5,10-12,14H2,1-2H3;5-8,12,17,19,28H,2-4,9-11,13H2,1H3. The van der Waals surface area contributed by atoms with Crippen molar-refractivity contribution in [3.63, 3.8) is 0 Å². The normalized spacial score (nSPS) is 20.5. The number of ether oxygens (including phenoxy) is 1. The molecule has 0 aliphatic carbocycles. The number of hydrogen-bond donors (Lipinski definition) is 3. The zero-order valence-corrected chi connectivity index (χ0v) is 51.4. The van der Waals surface area contributed by atoms with Crippen molar-refractivity contribution < 1.29 is 33.2 Å². The molecule has 3 fully saturated rings. The van der Waals surface area contributed by atoms with E-state index in [4.69, 9.17) is 41.3 Å². The molecular formula is C68H78ClF3N12O4. The van der Waals surface area contributed by atoms with Crippen LogP contribution in [0.15, 0.2) is 91.4 Å². The highest BCUT2D eigenvalue weighted by atomic mass is 35.5. The fourth-order valence-electron chi connectivity index (χ4n) is 15.0. The number of methoxy groups -OCH3 is 1. The molecule has 6 aliphatic heterocycles. The number of halogens is 4. The summed E-state index contributed by atoms with van der Waals surface area (Å²) in [5.41, 5.74) is 17.4. The molecule has 0 saturated carbocycles. The minimum Gasteiger partial charge on any atom is -0.497 e. The fourth-order valence-corrected chi connectivity index (χ4v) is 15.1. The lowest BCUT2D eigenvalue weighted by Crippen LogP contribution is -2.39. The molecule has 15 rings (SSSR count). The second-order valence-corrected chi connectivity index (χ2v) is 25.3. The number of nitrogens with zero attached hydrogens (tertiary/aromatic N) is 12. The summed E-state index contributed by atoms with van der Waals surface area (Å²) in [4.78, 5) is 36.4. The Labute approximate surface area is 516 Å². The van der Waals surface area contributed by atoms with Crippen LogP contribution < -0.4 is 4.74 Å². The number of hydrogen-bond acceptors (Lipinski definition) is 13. The van der Waals surface area contributed by atoms with Gasteiger partial charge in [0, 0.05) is 95.8 Å². The maximum absolute atomic E-state index is 12.9. The Morgan fingerprint density at radius 2 is 0.818 bits per heavy atom. The molecule has 20 heteroatoms. The van der Waals surface area contributed by atoms with Crippen LogP contribution in [0.4, 0.5) is 13.2 Å². The zero-order chi connectivity index (χ0) is 61.0. The summed E-state index contributed by atoms with van der Waals surface area (Å²) < 4.78 is 50.3. The monoisotopic (exact) mass is 1220 g/mol. The van der Waals surface area contributed by atoms with Crippen LogP contribution in [0.2, 0.25) is 5.02 Å². The first-order chi connectivity index (χ1) is 42.6. The predicted octanol–water partition coefficient (Wildman–Crippen LogP) is 12.4. The zero-order valence-electron chi connectivity index (χ0n) is 50.6. The number of piperidine rings is 3. The maximum Gasteiger partial charge on any atom is 0.416 e. The van der Waals surface area contributed by atoms with Crippen molar-refractivity contribution in [1.29, 1.82) is 0 Å². The van der Waals surface area contributed by atoms with Crippen LogP contribution in [0, 0.1) is 20.8 Å². The second kappa shape index (κ2) is 25.2. The van der Waals surface area contributed by atoms with Crippen LogP contribution in [-0.2, 0) is 45.1 Å². The van der Waals surface area contributed by atoms with Gasteiger partial charge in [0.25, 0.3) is 0 Å². The summed E-state index contributed by atoms with van der Waals surface area (Å²) in [6.45, 7) is 13.7. The Morgan fingerprint density at radius 3 is 1.15 bits per heavy atom. The minimum absolute atomic E-state index is 0.238. The fraction of sp³-hybridized carbons (Fsp3) is 0.471. The van der Waals surface area contributed by atoms with Crippen LogP contribution >= 0.6 is 11.6 Å². The molecule has 16 nitrogen and oxygen atoms in total. The van der Waals surface area contributed by atoms with Gasteiger partial charge < -0.3 is 33.8 Å². The van der Waals surface area contributed by atoms with E-state index in [1.165, 1.54) is 105 Å². The summed E-state index contributed by atoms with van der Waals surface area (Å²) in [6, 6.07) is 21.0. The van der Waals surface area contributed by atoms with E-state index >= 15 is 0 Å². The molecule has 3 aromatic carbocycles. The number of benzene rings is 3. The topological polar surface area (TPSA) is 172 Å². The molecule has 0 spiro atoms. The number of alkyl halides is 3. The van der Waals surface area contributed by atoms with Crippen molar-refractivity contribution in [2.45, 2.75) is 160 Å². The average molecular weight is 1220 g/mol. The van der Waals surface area contributed by atoms with Crippen molar-refractivity contribution in [3.8, 4) is 5.75 Å². The van der Waals surface area contributed by atoms with Gasteiger partial charge in [0.2, 0.25) is 0 Å². The first kappa shape index (κ1) is 60.1. The second-order valence-electron chi connectivity index (χ2n) is 24.8. The van der Waals surface area contributed by atoms with Gasteiger partial charge in [-0.25, -0.2) is 29.9 Å². The van der Waals surface area contributed by atoms with Gasteiger partial charge in [-0.2, -0.15) is 13.2 Å². The first-order valence-corrected chi connectivity index (χ1v) is 31.8. The van der Waals surface area contributed by atoms with Crippen LogP contribution in [0.25, 0.3) is 33.5 Å². The number of fused-ring (bicyclic) bond motifs is 15. The quantitative estimate of drug-likeness (QED) is 0.118. The number of rotatable bonds is 10. The predicted molar refractivity (Wildman–Crippen MR) is 333 cm³/mol. The third-order valence-electron chi connectivity index (χ3n) is 19.3. The minimum atomic E-state index is -4.39. The molecule has 3 saturated heterocycles. The number of aliphatic hydroxyl groups excluding tert-OH is 3. The van der Waals surface area contributed by atoms with Crippen LogP contribution in [0.3, 0.4) is 0 Å². The van der Waals surface area contributed by atoms with Gasteiger partial charge in [-0.1, -0.05) is 67.3 Å². The van der Waals surface area contributed by atoms with Crippen LogP contribution in [0.5, 0.6) is 5.75 Å². The van der Waals surface area contributed by atoms with E-state index in [2.05, 4.69) is 28.8 Å². The van der Waals surface area contributed by atoms with Crippen LogP contribution in [0.1, 0.15) is 167 Å². The summed E-state index contributed by atoms with van der Waals surface area (Å²) in [7, 11) is 1.65. The molecule has 0 amide bonds. The molecule has 3 N–H and O–H groups in total. The summed E-state index contributed by atoms with van der Waals surface area (Å²) in [6.07, 6.45) is 12.6. The van der Waals surface area contributed by atoms with E-state index in [1.807, 2.05) is 86.3 Å². The van der Waals surface area contributed by atoms with Crippen molar-refractivity contribution in [3.05, 3.63) is 170 Å². The molecular weight excluding hydrogens is 1140 g/mol. The lowest BCUT2D eigenvalue weighted by atomic mass is 9.90. The number of aliphatic hydroxyl groups is 3. The van der Waals surface area contributed by atoms with E-state index in [0.29, 0.717) is 41.8 Å². The summed E-state index contributed by atoms with van der Waals surface area (Å²) in [5.74, 6) is 0.795. The SMILES string of the molecule is COc1ccc(C(O)Cn2c3c(c4nc(C)cnc42)C2CCCCN2CC3)cc1.Cc1cnc2c(n1)c1c(n2CC(O)c2ccc(C(F)(F)F)cc2)CCN2CCCCC12.Cc1cnc2c(n1)c1c(n2CC(O)c2ccc(Cl)cc2)CCN2CCCCC12. The van der Waals surface area contributed by atoms with E-state index in [-0.39, 0.29) is 6.54 Å². The lowest BCUT2D eigenvalue weighted by Gasteiger charge is -2.39. The first-order valence-electron chi connectivity index (χ1n) is 31.5. The Kier molecular flexibility index (Phi) is 17.2. The third kappa shape index (κ3) is 11.8. The highest BCUT2D eigenvalue weighted by Crippen LogP contribution is 2.45. The molecule has 9 aromatic rings. The molecule has 0 radical (unpaired) electrons. The van der Waals surface area contributed by atoms with Crippen molar-refractivity contribution in [1.82, 2.24) is 58.3 Å². The molecule has 88 heavy (non-hydrogen) atoms. The molecule has 0 bridgehead atoms. The smallest absolute Gasteiger partial charge is 0.416 e. The van der Waals surface area contributed by atoms with Crippen molar-refractivity contribution in [2.75, 3.05) is 46.4 Å². The van der Waals surface area contributed by atoms with Gasteiger partial charge in [-0.15, -0.1) is 0 Å². The summed E-state index contributed by atoms with van der Waals surface area (Å²) >= 11 is 6.00. The number of aromatic nitrogens is 9. The van der Waals surface area contributed by atoms with Gasteiger partial charge in [0.15, 0.2) is 16.9 Å². The number of aryl methyl sites for hydroxylation is 3. The molecule has 12 heterocycles. The molecule has 6 atom stereocenters. The van der Waals surface area contributed by atoms with Crippen molar-refractivity contribution in [2.24, 2.45) is 0 Å². The van der Waals surface area contributed by atoms with E-state index in [9.17, 15) is 28.5 Å². The average Bonchev–Trinajstić information content (AvgIpc) is 1.67. The highest BCUT2D eigenvalue weighted by Gasteiger charge is 2.39. The summed E-state index contributed by atoms with van der Waals surface area (Å²) in [5, 5.41) is 33.4.